The summed E-state index contributed by atoms with van der Waals surface area (Å²) in [6.07, 6.45) is 0. The van der Waals surface area contributed by atoms with Gasteiger partial charge in [-0.15, -0.1) is 11.3 Å². The van der Waals surface area contributed by atoms with Crippen molar-refractivity contribution in [1.29, 1.82) is 0 Å². The van der Waals surface area contributed by atoms with Crippen molar-refractivity contribution < 1.29 is 8.42 Å². The molecule has 1 aliphatic heterocycles. The van der Waals surface area contributed by atoms with E-state index in [1.165, 1.54) is 0 Å². The molecule has 2 unspecified atom stereocenters. The van der Waals surface area contributed by atoms with E-state index in [4.69, 9.17) is 18.0 Å². The second-order valence-corrected chi connectivity index (χ2v) is 9.54. The number of nitrogens with two attached hydrogens (primary N) is 1. The summed E-state index contributed by atoms with van der Waals surface area (Å²) < 4.78 is 27.2. The number of rotatable bonds is 3. The Balaban J connectivity index is 2.33. The lowest BCUT2D eigenvalue weighted by Crippen LogP contribution is -2.47. The van der Waals surface area contributed by atoms with E-state index >= 15 is 0 Å². The van der Waals surface area contributed by atoms with Crippen LogP contribution in [-0.4, -0.2) is 41.3 Å². The lowest BCUT2D eigenvalue weighted by Gasteiger charge is -2.35. The summed E-state index contributed by atoms with van der Waals surface area (Å²) in [5, 5.41) is 0.304. The normalized spacial score (nSPS) is 25.4. The molecule has 1 aromatic heterocycles. The second kappa shape index (κ2) is 5.69. The fourth-order valence-corrected chi connectivity index (χ4v) is 6.43. The van der Waals surface area contributed by atoms with Gasteiger partial charge in [-0.1, -0.05) is 19.1 Å². The van der Waals surface area contributed by atoms with E-state index in [1.54, 1.807) is 16.4 Å². The van der Waals surface area contributed by atoms with E-state index in [0.717, 1.165) is 17.1 Å². The highest BCUT2D eigenvalue weighted by Crippen LogP contribution is 2.32. The Kier molecular flexibility index (Phi) is 4.56. The average Bonchev–Trinajstić information content (AvgIpc) is 2.82. The van der Waals surface area contributed by atoms with E-state index in [0.29, 0.717) is 20.9 Å². The molecular formula is C11H16N2O2S4. The zero-order valence-corrected chi connectivity index (χ0v) is 14.0. The first kappa shape index (κ1) is 15.2. The van der Waals surface area contributed by atoms with Gasteiger partial charge in [0.05, 0.1) is 4.88 Å². The molecule has 0 radical (unpaired) electrons. The van der Waals surface area contributed by atoms with Crippen LogP contribution in [-0.2, 0) is 10.0 Å². The van der Waals surface area contributed by atoms with Crippen molar-refractivity contribution in [1.82, 2.24) is 4.31 Å². The topological polar surface area (TPSA) is 63.4 Å². The Morgan fingerprint density at radius 2 is 2.16 bits per heavy atom. The highest BCUT2D eigenvalue weighted by Gasteiger charge is 2.35. The molecule has 0 aliphatic carbocycles. The number of thioether (sulfide) groups is 1. The van der Waals surface area contributed by atoms with Crippen molar-refractivity contribution in [3.8, 4) is 0 Å². The zero-order chi connectivity index (χ0) is 14.2. The molecule has 1 aliphatic rings. The first-order valence-corrected chi connectivity index (χ1v) is 9.58. The summed E-state index contributed by atoms with van der Waals surface area (Å²) in [5.41, 5.74) is 5.53. The third-order valence-electron chi connectivity index (χ3n) is 3.21. The molecule has 2 atom stereocenters. The molecule has 19 heavy (non-hydrogen) atoms. The Hall–Kier alpha value is -0.150. The summed E-state index contributed by atoms with van der Waals surface area (Å²) >= 11 is 7.82. The standard InChI is InChI=1S/C11H16N2O2S4/c1-7-8(2)17-6-5-13(7)19(14,15)10-4-3-9(18-10)11(12)16/h3-4,7-8H,5-6H2,1-2H3,(H2,12,16). The van der Waals surface area contributed by atoms with Crippen LogP contribution in [0.25, 0.3) is 0 Å². The molecule has 106 valence electrons. The minimum absolute atomic E-state index is 0.000807. The minimum Gasteiger partial charge on any atom is -0.389 e. The first-order chi connectivity index (χ1) is 8.84. The fraction of sp³-hybridized carbons (Fsp3) is 0.545. The lowest BCUT2D eigenvalue weighted by molar-refractivity contribution is 0.341. The van der Waals surface area contributed by atoms with Crippen LogP contribution in [0.1, 0.15) is 18.7 Å². The Bertz CT molecular complexity index is 581. The molecule has 8 heteroatoms. The van der Waals surface area contributed by atoms with Crippen LogP contribution in [0.4, 0.5) is 0 Å². The van der Waals surface area contributed by atoms with Gasteiger partial charge in [-0.05, 0) is 19.1 Å². The molecular weight excluding hydrogens is 320 g/mol. The molecule has 2 rings (SSSR count). The largest absolute Gasteiger partial charge is 0.389 e. The summed E-state index contributed by atoms with van der Waals surface area (Å²) in [5.74, 6) is 0.832. The zero-order valence-electron chi connectivity index (χ0n) is 10.7. The van der Waals surface area contributed by atoms with Crippen LogP contribution in [0.15, 0.2) is 16.3 Å². The smallest absolute Gasteiger partial charge is 0.252 e. The summed E-state index contributed by atoms with van der Waals surface area (Å²) in [7, 11) is -3.43. The molecule has 0 saturated carbocycles. The van der Waals surface area contributed by atoms with Crippen LogP contribution in [0, 0.1) is 0 Å². The quantitative estimate of drug-likeness (QED) is 0.854. The number of nitrogens with zero attached hydrogens (tertiary/aromatic N) is 1. The molecule has 0 bridgehead atoms. The third-order valence-corrected chi connectivity index (χ3v) is 8.47. The minimum atomic E-state index is -3.43. The van der Waals surface area contributed by atoms with Crippen molar-refractivity contribution in [2.24, 2.45) is 5.73 Å². The fourth-order valence-electron chi connectivity index (χ4n) is 1.95. The number of hydrogen-bond acceptors (Lipinski definition) is 5. The second-order valence-electron chi connectivity index (χ2n) is 4.42. The van der Waals surface area contributed by atoms with Gasteiger partial charge in [-0.2, -0.15) is 16.1 Å². The van der Waals surface area contributed by atoms with Crippen LogP contribution in [0.2, 0.25) is 0 Å². The number of thiophene rings is 1. The van der Waals surface area contributed by atoms with Crippen molar-refractivity contribution in [2.45, 2.75) is 29.3 Å². The molecule has 2 heterocycles. The van der Waals surface area contributed by atoms with Gasteiger partial charge in [-0.3, -0.25) is 0 Å². The van der Waals surface area contributed by atoms with Gasteiger partial charge in [0.1, 0.15) is 9.20 Å². The lowest BCUT2D eigenvalue weighted by atomic mass is 10.2. The van der Waals surface area contributed by atoms with Crippen molar-refractivity contribution in [3.05, 3.63) is 17.0 Å². The maximum atomic E-state index is 12.6. The maximum absolute atomic E-state index is 12.6. The number of hydrogen-bond donors (Lipinski definition) is 1. The van der Waals surface area contributed by atoms with Crippen LogP contribution >= 0.6 is 35.3 Å². The molecule has 1 aromatic rings. The third kappa shape index (κ3) is 2.97. The Labute approximate surface area is 127 Å². The molecule has 1 saturated heterocycles. The van der Waals surface area contributed by atoms with Crippen LogP contribution in [0.5, 0.6) is 0 Å². The predicted octanol–water partition coefficient (Wildman–Crippen LogP) is 1.90. The van der Waals surface area contributed by atoms with Crippen molar-refractivity contribution >= 4 is 50.3 Å². The van der Waals surface area contributed by atoms with Gasteiger partial charge in [0.25, 0.3) is 10.0 Å². The summed E-state index contributed by atoms with van der Waals surface area (Å²) in [6, 6.07) is 3.26. The van der Waals surface area contributed by atoms with E-state index in [1.807, 2.05) is 18.7 Å². The van der Waals surface area contributed by atoms with E-state index in [-0.39, 0.29) is 11.0 Å². The van der Waals surface area contributed by atoms with Crippen molar-refractivity contribution in [3.63, 3.8) is 0 Å². The number of thiocarbonyl (C=S) groups is 1. The SMILES string of the molecule is CC1SCCN(S(=O)(=O)c2ccc(C(N)=S)s2)C1C. The molecule has 2 N–H and O–H groups in total. The number of sulfonamides is 1. The molecule has 0 aromatic carbocycles. The maximum Gasteiger partial charge on any atom is 0.252 e. The Morgan fingerprint density at radius 3 is 2.74 bits per heavy atom. The average molecular weight is 337 g/mol. The van der Waals surface area contributed by atoms with E-state index < -0.39 is 10.0 Å². The van der Waals surface area contributed by atoms with Gasteiger partial charge in [0, 0.05) is 23.6 Å². The van der Waals surface area contributed by atoms with Gasteiger partial charge in [0.2, 0.25) is 0 Å². The highest BCUT2D eigenvalue weighted by molar-refractivity contribution is 8.00. The van der Waals surface area contributed by atoms with Gasteiger partial charge in [-0.25, -0.2) is 8.42 Å². The summed E-state index contributed by atoms with van der Waals surface area (Å²) in [6.45, 7) is 4.57. The van der Waals surface area contributed by atoms with Gasteiger partial charge >= 0.3 is 0 Å². The predicted molar refractivity (Wildman–Crippen MR) is 85.5 cm³/mol. The molecule has 0 spiro atoms. The van der Waals surface area contributed by atoms with E-state index in [9.17, 15) is 8.42 Å². The van der Waals surface area contributed by atoms with Gasteiger partial charge in [0.15, 0.2) is 0 Å². The molecule has 4 nitrogen and oxygen atoms in total. The molecule has 0 amide bonds. The highest BCUT2D eigenvalue weighted by atomic mass is 32.2. The monoisotopic (exact) mass is 336 g/mol. The summed E-state index contributed by atoms with van der Waals surface area (Å²) in [4.78, 5) is 0.878. The van der Waals surface area contributed by atoms with Crippen LogP contribution < -0.4 is 5.73 Å². The first-order valence-electron chi connectivity index (χ1n) is 5.87. The van der Waals surface area contributed by atoms with Crippen LogP contribution in [0.3, 0.4) is 0 Å². The van der Waals surface area contributed by atoms with E-state index in [2.05, 4.69) is 6.92 Å². The molecule has 1 fully saturated rings. The Morgan fingerprint density at radius 1 is 1.47 bits per heavy atom. The van der Waals surface area contributed by atoms with Crippen molar-refractivity contribution in [2.75, 3.05) is 12.3 Å². The van der Waals surface area contributed by atoms with Gasteiger partial charge < -0.3 is 5.73 Å².